The van der Waals surface area contributed by atoms with E-state index in [0.717, 1.165) is 18.5 Å². The average Bonchev–Trinajstić information content (AvgIpc) is 2.44. The van der Waals surface area contributed by atoms with Crippen molar-refractivity contribution in [1.82, 2.24) is 15.3 Å². The van der Waals surface area contributed by atoms with Crippen LogP contribution in [0.3, 0.4) is 0 Å². The van der Waals surface area contributed by atoms with Crippen LogP contribution in [-0.4, -0.2) is 28.0 Å². The van der Waals surface area contributed by atoms with Crippen molar-refractivity contribution in [2.75, 3.05) is 6.54 Å². The van der Waals surface area contributed by atoms with Crippen molar-refractivity contribution >= 4 is 5.91 Å². The number of nitrogens with one attached hydrogen (secondary N) is 1. The van der Waals surface area contributed by atoms with E-state index in [9.17, 15) is 4.79 Å². The van der Waals surface area contributed by atoms with Crippen LogP contribution in [0.4, 0.5) is 0 Å². The Kier molecular flexibility index (Phi) is 5.62. The molecule has 1 rings (SSSR count). The highest BCUT2D eigenvalue weighted by molar-refractivity contribution is 5.95. The Balaban J connectivity index is 2.88. The standard InChI is InChI=1S/C15H26N4O/c1-6-15(16,7-2)9-18-14(20)12-8-17-11(5)19-13(12)10(3)4/h8,10H,6-7,9,16H2,1-5H3,(H,18,20). The number of aromatic nitrogens is 2. The maximum absolute atomic E-state index is 12.3. The molecule has 1 aromatic rings. The summed E-state index contributed by atoms with van der Waals surface area (Å²) >= 11 is 0. The second-order valence-corrected chi connectivity index (χ2v) is 5.62. The summed E-state index contributed by atoms with van der Waals surface area (Å²) in [6.45, 7) is 10.4. The molecular formula is C15H26N4O. The minimum atomic E-state index is -0.348. The van der Waals surface area contributed by atoms with E-state index in [-0.39, 0.29) is 17.4 Å². The van der Waals surface area contributed by atoms with Crippen molar-refractivity contribution in [3.63, 3.8) is 0 Å². The van der Waals surface area contributed by atoms with Gasteiger partial charge >= 0.3 is 0 Å². The van der Waals surface area contributed by atoms with Gasteiger partial charge in [0.15, 0.2) is 0 Å². The Hall–Kier alpha value is -1.49. The minimum absolute atomic E-state index is 0.148. The van der Waals surface area contributed by atoms with Gasteiger partial charge in [0.1, 0.15) is 5.82 Å². The zero-order valence-electron chi connectivity index (χ0n) is 13.2. The lowest BCUT2D eigenvalue weighted by molar-refractivity contribution is 0.0940. The molecule has 0 aromatic carbocycles. The molecule has 20 heavy (non-hydrogen) atoms. The summed E-state index contributed by atoms with van der Waals surface area (Å²) in [6, 6.07) is 0. The fraction of sp³-hybridized carbons (Fsp3) is 0.667. The predicted octanol–water partition coefficient (Wildman–Crippen LogP) is 2.16. The number of hydrogen-bond acceptors (Lipinski definition) is 4. The minimum Gasteiger partial charge on any atom is -0.350 e. The van der Waals surface area contributed by atoms with Gasteiger partial charge in [-0.15, -0.1) is 0 Å². The van der Waals surface area contributed by atoms with Crippen LogP contribution < -0.4 is 11.1 Å². The lowest BCUT2D eigenvalue weighted by atomic mass is 9.94. The number of nitrogens with two attached hydrogens (primary N) is 1. The molecule has 0 saturated carbocycles. The number of aryl methyl sites for hydroxylation is 1. The quantitative estimate of drug-likeness (QED) is 0.835. The van der Waals surface area contributed by atoms with Gasteiger partial charge in [-0.1, -0.05) is 27.7 Å². The number of hydrogen-bond donors (Lipinski definition) is 2. The monoisotopic (exact) mass is 278 g/mol. The van der Waals surface area contributed by atoms with Gasteiger partial charge in [0, 0.05) is 18.3 Å². The van der Waals surface area contributed by atoms with Crippen molar-refractivity contribution in [2.45, 2.75) is 58.9 Å². The van der Waals surface area contributed by atoms with Crippen molar-refractivity contribution in [3.8, 4) is 0 Å². The smallest absolute Gasteiger partial charge is 0.254 e. The molecule has 0 bridgehead atoms. The van der Waals surface area contributed by atoms with Crippen molar-refractivity contribution < 1.29 is 4.79 Å². The number of nitrogens with zero attached hydrogens (tertiary/aromatic N) is 2. The molecule has 0 aliphatic heterocycles. The normalized spacial score (nSPS) is 11.8. The highest BCUT2D eigenvalue weighted by atomic mass is 16.1. The second-order valence-electron chi connectivity index (χ2n) is 5.62. The molecule has 3 N–H and O–H groups in total. The maximum Gasteiger partial charge on any atom is 0.254 e. The fourth-order valence-corrected chi connectivity index (χ4v) is 1.95. The first-order valence-corrected chi connectivity index (χ1v) is 7.23. The molecule has 0 spiro atoms. The van der Waals surface area contributed by atoms with Gasteiger partial charge in [-0.3, -0.25) is 4.79 Å². The fourth-order valence-electron chi connectivity index (χ4n) is 1.95. The van der Waals surface area contributed by atoms with Gasteiger partial charge in [0.2, 0.25) is 0 Å². The lowest BCUT2D eigenvalue weighted by Gasteiger charge is -2.27. The van der Waals surface area contributed by atoms with Gasteiger partial charge in [0.25, 0.3) is 5.91 Å². The molecular weight excluding hydrogens is 252 g/mol. The molecule has 0 fully saturated rings. The van der Waals surface area contributed by atoms with Crippen LogP contribution in [0.2, 0.25) is 0 Å². The molecule has 5 heteroatoms. The van der Waals surface area contributed by atoms with Gasteiger partial charge in [-0.05, 0) is 25.7 Å². The highest BCUT2D eigenvalue weighted by Gasteiger charge is 2.23. The van der Waals surface area contributed by atoms with E-state index in [0.29, 0.717) is 17.9 Å². The van der Waals surface area contributed by atoms with Crippen molar-refractivity contribution in [2.24, 2.45) is 5.73 Å². The molecule has 1 aromatic heterocycles. The molecule has 0 atom stereocenters. The van der Waals surface area contributed by atoms with Gasteiger partial charge in [-0.25, -0.2) is 9.97 Å². The Morgan fingerprint density at radius 2 is 2.00 bits per heavy atom. The molecule has 112 valence electrons. The second kappa shape index (κ2) is 6.79. The summed E-state index contributed by atoms with van der Waals surface area (Å²) in [4.78, 5) is 20.8. The van der Waals surface area contributed by atoms with E-state index < -0.39 is 0 Å². The van der Waals surface area contributed by atoms with Crippen LogP contribution in [0.5, 0.6) is 0 Å². The topological polar surface area (TPSA) is 80.9 Å². The molecule has 0 saturated heterocycles. The molecule has 0 aliphatic rings. The largest absolute Gasteiger partial charge is 0.350 e. The third-order valence-electron chi connectivity index (χ3n) is 3.74. The van der Waals surface area contributed by atoms with E-state index in [1.807, 2.05) is 34.6 Å². The van der Waals surface area contributed by atoms with Crippen LogP contribution in [0.1, 0.15) is 68.3 Å². The molecule has 0 radical (unpaired) electrons. The average molecular weight is 278 g/mol. The summed E-state index contributed by atoms with van der Waals surface area (Å²) < 4.78 is 0. The number of carbonyl (C=O) groups is 1. The van der Waals surface area contributed by atoms with Crippen molar-refractivity contribution in [3.05, 3.63) is 23.3 Å². The number of rotatable bonds is 6. The van der Waals surface area contributed by atoms with Crippen LogP contribution in [0.25, 0.3) is 0 Å². The Morgan fingerprint density at radius 1 is 1.40 bits per heavy atom. The van der Waals surface area contributed by atoms with E-state index >= 15 is 0 Å². The van der Waals surface area contributed by atoms with Crippen LogP contribution >= 0.6 is 0 Å². The molecule has 0 aliphatic carbocycles. The summed E-state index contributed by atoms with van der Waals surface area (Å²) in [5.41, 5.74) is 7.18. The van der Waals surface area contributed by atoms with Crippen LogP contribution in [0.15, 0.2) is 6.20 Å². The maximum atomic E-state index is 12.3. The third-order valence-corrected chi connectivity index (χ3v) is 3.74. The lowest BCUT2D eigenvalue weighted by Crippen LogP contribution is -2.49. The van der Waals surface area contributed by atoms with E-state index in [1.165, 1.54) is 0 Å². The summed E-state index contributed by atoms with van der Waals surface area (Å²) in [5.74, 6) is 0.711. The first-order chi connectivity index (χ1) is 9.33. The van der Waals surface area contributed by atoms with E-state index in [2.05, 4.69) is 15.3 Å². The Bertz CT molecular complexity index is 467. The molecule has 5 nitrogen and oxygen atoms in total. The van der Waals surface area contributed by atoms with Crippen LogP contribution in [-0.2, 0) is 0 Å². The molecule has 0 unspecified atom stereocenters. The molecule has 1 amide bonds. The van der Waals surface area contributed by atoms with Crippen LogP contribution in [0, 0.1) is 6.92 Å². The first kappa shape index (κ1) is 16.6. The van der Waals surface area contributed by atoms with Gasteiger partial charge in [-0.2, -0.15) is 0 Å². The zero-order valence-corrected chi connectivity index (χ0v) is 13.2. The van der Waals surface area contributed by atoms with E-state index in [4.69, 9.17) is 5.73 Å². The summed E-state index contributed by atoms with van der Waals surface area (Å²) in [5, 5.41) is 2.91. The Labute approximate surface area is 121 Å². The highest BCUT2D eigenvalue weighted by Crippen LogP contribution is 2.17. The van der Waals surface area contributed by atoms with E-state index in [1.54, 1.807) is 6.20 Å². The van der Waals surface area contributed by atoms with Crippen molar-refractivity contribution in [1.29, 1.82) is 0 Å². The summed E-state index contributed by atoms with van der Waals surface area (Å²) in [6.07, 6.45) is 3.25. The zero-order chi connectivity index (χ0) is 15.3. The predicted molar refractivity (Wildman–Crippen MR) is 80.7 cm³/mol. The van der Waals surface area contributed by atoms with Gasteiger partial charge < -0.3 is 11.1 Å². The number of carbonyl (C=O) groups excluding carboxylic acids is 1. The summed E-state index contributed by atoms with van der Waals surface area (Å²) in [7, 11) is 0. The SMILES string of the molecule is CCC(N)(CC)CNC(=O)c1cnc(C)nc1C(C)C. The third kappa shape index (κ3) is 4.00. The first-order valence-electron chi connectivity index (χ1n) is 7.23. The van der Waals surface area contributed by atoms with Gasteiger partial charge in [0.05, 0.1) is 11.3 Å². The molecule has 1 heterocycles. The Morgan fingerprint density at radius 3 is 2.50 bits per heavy atom. The number of amides is 1.